The van der Waals surface area contributed by atoms with Gasteiger partial charge in [-0.3, -0.25) is 4.79 Å². The largest absolute Gasteiger partial charge is 0.328 e. The predicted molar refractivity (Wildman–Crippen MR) is 121 cm³/mol. The van der Waals surface area contributed by atoms with Crippen molar-refractivity contribution in [3.63, 3.8) is 0 Å². The molecule has 2 nitrogen and oxygen atoms in total. The molecule has 1 saturated heterocycles. The van der Waals surface area contributed by atoms with Crippen molar-refractivity contribution in [3.05, 3.63) is 102 Å². The minimum Gasteiger partial charge on any atom is -0.328 e. The maximum atomic E-state index is 13.6. The van der Waals surface area contributed by atoms with Crippen molar-refractivity contribution in [2.45, 2.75) is 36.7 Å². The van der Waals surface area contributed by atoms with Crippen LogP contribution in [0.3, 0.4) is 0 Å². The van der Waals surface area contributed by atoms with E-state index in [4.69, 9.17) is 0 Å². The number of likely N-dealkylation sites (tertiary alicyclic amines) is 1. The number of carbonyl (C=O) groups excluding carboxylic acids is 1. The molecular formula is C26H27NOS. The van der Waals surface area contributed by atoms with Crippen LogP contribution in [-0.2, 0) is 4.79 Å². The molecule has 0 bridgehead atoms. The number of amides is 1. The first-order valence-corrected chi connectivity index (χ1v) is 11.3. The molecule has 29 heavy (non-hydrogen) atoms. The Morgan fingerprint density at radius 2 is 1.28 bits per heavy atom. The molecule has 3 heteroatoms. The lowest BCUT2D eigenvalue weighted by atomic mass is 10.0. The van der Waals surface area contributed by atoms with Crippen molar-refractivity contribution in [3.8, 4) is 0 Å². The molecule has 0 aliphatic carbocycles. The lowest BCUT2D eigenvalue weighted by Crippen LogP contribution is -2.37. The summed E-state index contributed by atoms with van der Waals surface area (Å²) >= 11 is 1.76. The first kappa shape index (κ1) is 19.8. The fraction of sp³-hybridized carbons (Fsp3) is 0.269. The molecule has 148 valence electrons. The summed E-state index contributed by atoms with van der Waals surface area (Å²) in [4.78, 5) is 17.0. The summed E-state index contributed by atoms with van der Waals surface area (Å²) in [5, 5.41) is 0. The highest BCUT2D eigenvalue weighted by atomic mass is 32.2. The third kappa shape index (κ3) is 4.56. The minimum absolute atomic E-state index is 0.0317. The molecule has 0 radical (unpaired) electrons. The third-order valence-corrected chi connectivity index (χ3v) is 6.95. The number of nitrogens with zero attached hydrogens (tertiary/aromatic N) is 1. The van der Waals surface area contributed by atoms with E-state index in [1.54, 1.807) is 11.8 Å². The zero-order chi connectivity index (χ0) is 20.1. The number of hydrogen-bond donors (Lipinski definition) is 0. The lowest BCUT2D eigenvalue weighted by Gasteiger charge is -2.33. The van der Waals surface area contributed by atoms with Crippen LogP contribution < -0.4 is 0 Å². The molecule has 1 fully saturated rings. The van der Waals surface area contributed by atoms with Gasteiger partial charge < -0.3 is 4.90 Å². The summed E-state index contributed by atoms with van der Waals surface area (Å²) in [7, 11) is 0. The summed E-state index contributed by atoms with van der Waals surface area (Å²) < 4.78 is 0. The van der Waals surface area contributed by atoms with Gasteiger partial charge >= 0.3 is 0 Å². The van der Waals surface area contributed by atoms with E-state index in [-0.39, 0.29) is 23.9 Å². The quantitative estimate of drug-likeness (QED) is 0.438. The van der Waals surface area contributed by atoms with Crippen molar-refractivity contribution in [1.82, 2.24) is 4.90 Å². The molecule has 0 spiro atoms. The van der Waals surface area contributed by atoms with Crippen LogP contribution in [0.15, 0.2) is 95.9 Å². The van der Waals surface area contributed by atoms with Crippen LogP contribution in [0.25, 0.3) is 0 Å². The van der Waals surface area contributed by atoms with Gasteiger partial charge in [-0.25, -0.2) is 0 Å². The molecule has 0 saturated carbocycles. The van der Waals surface area contributed by atoms with Crippen molar-refractivity contribution < 1.29 is 4.79 Å². The first-order chi connectivity index (χ1) is 14.2. The molecule has 1 aliphatic heterocycles. The summed E-state index contributed by atoms with van der Waals surface area (Å²) in [5.41, 5.74) is 2.48. The third-order valence-electron chi connectivity index (χ3n) is 5.67. The Balaban J connectivity index is 1.56. The van der Waals surface area contributed by atoms with E-state index in [9.17, 15) is 4.79 Å². The maximum absolute atomic E-state index is 13.6. The molecule has 0 unspecified atom stereocenters. The molecule has 0 aromatic heterocycles. The predicted octanol–water partition coefficient (Wildman–Crippen LogP) is 6.52. The summed E-state index contributed by atoms with van der Waals surface area (Å²) in [6, 6.07) is 31.6. The molecule has 1 aliphatic rings. The highest BCUT2D eigenvalue weighted by molar-refractivity contribution is 7.99. The average molecular weight is 402 g/mol. The topological polar surface area (TPSA) is 20.3 Å². The fourth-order valence-electron chi connectivity index (χ4n) is 4.19. The van der Waals surface area contributed by atoms with E-state index >= 15 is 0 Å². The van der Waals surface area contributed by atoms with Crippen LogP contribution in [0.2, 0.25) is 0 Å². The van der Waals surface area contributed by atoms with Gasteiger partial charge in [0.1, 0.15) is 0 Å². The fourth-order valence-corrected chi connectivity index (χ4v) is 5.12. The van der Waals surface area contributed by atoms with Crippen LogP contribution in [0.4, 0.5) is 0 Å². The smallest absolute Gasteiger partial charge is 0.227 e. The SMILES string of the molecule is C[C@H](CSc1ccccc1)C(=O)N1[C@@H](c2ccccc2)CC[C@@H]1c1ccccc1. The van der Waals surface area contributed by atoms with Gasteiger partial charge in [-0.15, -0.1) is 11.8 Å². The second kappa shape index (κ2) is 9.32. The monoisotopic (exact) mass is 401 g/mol. The van der Waals surface area contributed by atoms with Crippen LogP contribution >= 0.6 is 11.8 Å². The van der Waals surface area contributed by atoms with E-state index in [0.717, 1.165) is 18.6 Å². The summed E-state index contributed by atoms with van der Waals surface area (Å²) in [6.45, 7) is 2.07. The Kier molecular flexibility index (Phi) is 6.36. The second-order valence-corrected chi connectivity index (χ2v) is 8.79. The van der Waals surface area contributed by atoms with Crippen molar-refractivity contribution >= 4 is 17.7 Å². The number of thioether (sulfide) groups is 1. The van der Waals surface area contributed by atoms with Gasteiger partial charge in [0.25, 0.3) is 0 Å². The Morgan fingerprint density at radius 3 is 1.76 bits per heavy atom. The van der Waals surface area contributed by atoms with Gasteiger partial charge in [0.15, 0.2) is 0 Å². The summed E-state index contributed by atoms with van der Waals surface area (Å²) in [5.74, 6) is 1.02. The van der Waals surface area contributed by atoms with E-state index in [2.05, 4.69) is 72.5 Å². The molecule has 4 rings (SSSR count). The normalized spacial score (nSPS) is 19.8. The van der Waals surface area contributed by atoms with Crippen LogP contribution in [0, 0.1) is 5.92 Å². The summed E-state index contributed by atoms with van der Waals surface area (Å²) in [6.07, 6.45) is 2.02. The molecule has 1 amide bonds. The number of hydrogen-bond acceptors (Lipinski definition) is 2. The minimum atomic E-state index is -0.0317. The second-order valence-electron chi connectivity index (χ2n) is 7.70. The van der Waals surface area contributed by atoms with Gasteiger partial charge in [0, 0.05) is 16.6 Å². The average Bonchev–Trinajstić information content (AvgIpc) is 3.24. The Bertz CT molecular complexity index is 866. The number of benzene rings is 3. The van der Waals surface area contributed by atoms with Gasteiger partial charge in [0.2, 0.25) is 5.91 Å². The lowest BCUT2D eigenvalue weighted by molar-refractivity contribution is -0.137. The van der Waals surface area contributed by atoms with Crippen molar-refractivity contribution in [2.75, 3.05) is 5.75 Å². The number of rotatable bonds is 6. The molecule has 0 N–H and O–H groups in total. The van der Waals surface area contributed by atoms with Crippen molar-refractivity contribution in [1.29, 1.82) is 0 Å². The van der Waals surface area contributed by atoms with Gasteiger partial charge in [-0.05, 0) is 36.1 Å². The molecule has 3 aromatic rings. The number of carbonyl (C=O) groups is 1. The van der Waals surface area contributed by atoms with Crippen LogP contribution in [0.5, 0.6) is 0 Å². The Morgan fingerprint density at radius 1 is 0.828 bits per heavy atom. The highest BCUT2D eigenvalue weighted by Gasteiger charge is 2.39. The molecule has 3 aromatic carbocycles. The molecule has 3 atom stereocenters. The van der Waals surface area contributed by atoms with E-state index < -0.39 is 0 Å². The highest BCUT2D eigenvalue weighted by Crippen LogP contribution is 2.45. The van der Waals surface area contributed by atoms with Gasteiger partial charge in [-0.1, -0.05) is 85.8 Å². The molecular weight excluding hydrogens is 374 g/mol. The zero-order valence-electron chi connectivity index (χ0n) is 16.8. The van der Waals surface area contributed by atoms with Gasteiger partial charge in [0.05, 0.1) is 12.1 Å². The van der Waals surface area contributed by atoms with E-state index in [1.807, 2.05) is 30.3 Å². The van der Waals surface area contributed by atoms with E-state index in [1.165, 1.54) is 16.0 Å². The van der Waals surface area contributed by atoms with Crippen LogP contribution in [-0.4, -0.2) is 16.6 Å². The van der Waals surface area contributed by atoms with Crippen molar-refractivity contribution in [2.24, 2.45) is 5.92 Å². The van der Waals surface area contributed by atoms with Crippen LogP contribution in [0.1, 0.15) is 43.0 Å². The maximum Gasteiger partial charge on any atom is 0.227 e. The zero-order valence-corrected chi connectivity index (χ0v) is 17.6. The Hall–Kier alpha value is -2.52. The standard InChI is InChI=1S/C26H27NOS/c1-20(19-29-23-15-9-4-10-16-23)26(28)27-24(21-11-5-2-6-12-21)17-18-25(27)22-13-7-3-8-14-22/h2-16,20,24-25H,17-19H2,1H3/t20-,24-,25-/m1/s1. The van der Waals surface area contributed by atoms with E-state index in [0.29, 0.717) is 0 Å². The van der Waals surface area contributed by atoms with Gasteiger partial charge in [-0.2, -0.15) is 0 Å². The Labute approximate surface area is 178 Å². The molecule has 1 heterocycles. The first-order valence-electron chi connectivity index (χ1n) is 10.3.